The summed E-state index contributed by atoms with van der Waals surface area (Å²) >= 11 is 0. The zero-order valence-corrected chi connectivity index (χ0v) is 12.2. The smallest absolute Gasteiger partial charge is 0.382 e. The number of halogens is 3. The van der Waals surface area contributed by atoms with Crippen molar-refractivity contribution in [2.75, 3.05) is 5.32 Å². The molecule has 1 N–H and O–H groups in total. The molecular weight excluding hydrogens is 275 g/mol. The lowest BCUT2D eigenvalue weighted by Crippen LogP contribution is -2.35. The van der Waals surface area contributed by atoms with Gasteiger partial charge in [-0.05, 0) is 62.1 Å². The van der Waals surface area contributed by atoms with Crippen LogP contribution in [-0.2, 0) is 12.8 Å². The molecule has 0 amide bonds. The van der Waals surface area contributed by atoms with Crippen molar-refractivity contribution in [1.29, 1.82) is 0 Å². The number of fused-ring (bicyclic) bond motifs is 1. The van der Waals surface area contributed by atoms with Crippen LogP contribution in [0.15, 0.2) is 18.2 Å². The second-order valence-corrected chi connectivity index (χ2v) is 6.40. The molecule has 0 radical (unpaired) electrons. The monoisotopic (exact) mass is 297 g/mol. The van der Waals surface area contributed by atoms with E-state index in [-0.39, 0.29) is 18.9 Å². The Morgan fingerprint density at radius 1 is 1.00 bits per heavy atom. The highest BCUT2D eigenvalue weighted by Gasteiger charge is 2.42. The fourth-order valence-corrected chi connectivity index (χ4v) is 3.75. The van der Waals surface area contributed by atoms with E-state index in [1.54, 1.807) is 0 Å². The summed E-state index contributed by atoms with van der Waals surface area (Å²) in [5, 5.41) is 3.41. The summed E-state index contributed by atoms with van der Waals surface area (Å²) in [4.78, 5) is 0. The third-order valence-electron chi connectivity index (χ3n) is 4.89. The Morgan fingerprint density at radius 2 is 1.81 bits per heavy atom. The number of benzene rings is 1. The number of anilines is 1. The quantitative estimate of drug-likeness (QED) is 0.801. The molecular formula is C17H22F3N. The van der Waals surface area contributed by atoms with Crippen LogP contribution in [0, 0.1) is 5.92 Å². The molecule has 2 atom stereocenters. The van der Waals surface area contributed by atoms with E-state index in [0.29, 0.717) is 6.42 Å². The Morgan fingerprint density at radius 3 is 2.62 bits per heavy atom. The fraction of sp³-hybridized carbons (Fsp3) is 0.647. The Bertz CT molecular complexity index is 495. The van der Waals surface area contributed by atoms with Gasteiger partial charge in [0.1, 0.15) is 0 Å². The molecule has 1 aromatic carbocycles. The van der Waals surface area contributed by atoms with Crippen molar-refractivity contribution in [3.8, 4) is 0 Å². The minimum Gasteiger partial charge on any atom is -0.382 e. The van der Waals surface area contributed by atoms with Gasteiger partial charge >= 0.3 is 6.18 Å². The summed E-state index contributed by atoms with van der Waals surface area (Å²) in [5.74, 6) is -1.14. The highest BCUT2D eigenvalue weighted by Crippen LogP contribution is 2.39. The number of rotatable bonds is 2. The van der Waals surface area contributed by atoms with Gasteiger partial charge < -0.3 is 5.32 Å². The lowest BCUT2D eigenvalue weighted by Gasteiger charge is -2.32. The second kappa shape index (κ2) is 5.90. The van der Waals surface area contributed by atoms with Crippen LogP contribution in [0.2, 0.25) is 0 Å². The predicted molar refractivity (Wildman–Crippen MR) is 78.5 cm³/mol. The summed E-state index contributed by atoms with van der Waals surface area (Å²) < 4.78 is 38.7. The zero-order valence-electron chi connectivity index (χ0n) is 12.2. The standard InChI is InChI=1S/C17H22F3N/c18-17(19,20)13-7-4-8-14(11-13)21-16-10-3-6-12-5-1-2-9-15(12)16/h3,6,10,13-14,21H,1-2,4-5,7-9,11H2. The van der Waals surface area contributed by atoms with E-state index in [4.69, 9.17) is 0 Å². The SMILES string of the molecule is FC(F)(F)C1CCCC(Nc2cccc3c2CCCC3)C1. The van der Waals surface area contributed by atoms with Crippen LogP contribution < -0.4 is 5.32 Å². The van der Waals surface area contributed by atoms with E-state index in [1.807, 2.05) is 12.1 Å². The highest BCUT2D eigenvalue weighted by atomic mass is 19.4. The molecule has 1 aromatic rings. The summed E-state index contributed by atoms with van der Waals surface area (Å²) in [7, 11) is 0. The topological polar surface area (TPSA) is 12.0 Å². The first kappa shape index (κ1) is 14.7. The molecule has 4 heteroatoms. The van der Waals surface area contributed by atoms with Gasteiger partial charge in [0.15, 0.2) is 0 Å². The summed E-state index contributed by atoms with van der Waals surface area (Å²) in [6, 6.07) is 6.16. The first-order chi connectivity index (χ1) is 10.0. The molecule has 2 aliphatic carbocycles. The van der Waals surface area contributed by atoms with Crippen molar-refractivity contribution >= 4 is 5.69 Å². The summed E-state index contributed by atoms with van der Waals surface area (Å²) in [6.07, 6.45) is 2.51. The number of hydrogen-bond donors (Lipinski definition) is 1. The summed E-state index contributed by atoms with van der Waals surface area (Å²) in [5.41, 5.74) is 3.77. The van der Waals surface area contributed by atoms with Crippen LogP contribution in [-0.4, -0.2) is 12.2 Å². The molecule has 0 aromatic heterocycles. The molecule has 1 nitrogen and oxygen atoms in total. The largest absolute Gasteiger partial charge is 0.391 e. The molecule has 1 fully saturated rings. The van der Waals surface area contributed by atoms with E-state index in [2.05, 4.69) is 11.4 Å². The number of nitrogens with one attached hydrogen (secondary N) is 1. The molecule has 116 valence electrons. The first-order valence-corrected chi connectivity index (χ1v) is 7.98. The fourth-order valence-electron chi connectivity index (χ4n) is 3.75. The number of alkyl halides is 3. The minimum absolute atomic E-state index is 0.0428. The molecule has 0 heterocycles. The van der Waals surface area contributed by atoms with Gasteiger partial charge in [0.2, 0.25) is 0 Å². The van der Waals surface area contributed by atoms with E-state index in [1.165, 1.54) is 24.0 Å². The number of aryl methyl sites for hydroxylation is 1. The molecule has 0 saturated heterocycles. The summed E-state index contributed by atoms with van der Waals surface area (Å²) in [6.45, 7) is 0. The first-order valence-electron chi connectivity index (χ1n) is 7.98. The minimum atomic E-state index is -4.05. The van der Waals surface area contributed by atoms with Gasteiger partial charge in [-0.1, -0.05) is 18.6 Å². The van der Waals surface area contributed by atoms with Crippen molar-refractivity contribution in [2.24, 2.45) is 5.92 Å². The van der Waals surface area contributed by atoms with Crippen molar-refractivity contribution < 1.29 is 13.2 Å². The van der Waals surface area contributed by atoms with Crippen molar-refractivity contribution in [3.05, 3.63) is 29.3 Å². The maximum atomic E-state index is 12.9. The third-order valence-corrected chi connectivity index (χ3v) is 4.89. The van der Waals surface area contributed by atoms with Gasteiger partial charge in [0.05, 0.1) is 5.92 Å². The van der Waals surface area contributed by atoms with E-state index >= 15 is 0 Å². The Kier molecular flexibility index (Phi) is 4.14. The molecule has 3 rings (SSSR count). The van der Waals surface area contributed by atoms with Crippen LogP contribution >= 0.6 is 0 Å². The van der Waals surface area contributed by atoms with E-state index in [0.717, 1.165) is 24.9 Å². The second-order valence-electron chi connectivity index (χ2n) is 6.40. The third kappa shape index (κ3) is 3.35. The van der Waals surface area contributed by atoms with Crippen LogP contribution in [0.4, 0.5) is 18.9 Å². The maximum absolute atomic E-state index is 12.9. The average molecular weight is 297 g/mol. The lowest BCUT2D eigenvalue weighted by atomic mass is 9.84. The highest BCUT2D eigenvalue weighted by molar-refractivity contribution is 5.56. The van der Waals surface area contributed by atoms with E-state index < -0.39 is 12.1 Å². The van der Waals surface area contributed by atoms with Crippen molar-refractivity contribution in [3.63, 3.8) is 0 Å². The predicted octanol–water partition coefficient (Wildman–Crippen LogP) is 5.10. The average Bonchev–Trinajstić information content (AvgIpc) is 2.47. The molecule has 2 aliphatic rings. The van der Waals surface area contributed by atoms with E-state index in [9.17, 15) is 13.2 Å². The van der Waals surface area contributed by atoms with Crippen LogP contribution in [0.25, 0.3) is 0 Å². The van der Waals surface area contributed by atoms with Gasteiger partial charge in [-0.2, -0.15) is 13.2 Å². The Labute approximate surface area is 123 Å². The molecule has 0 bridgehead atoms. The lowest BCUT2D eigenvalue weighted by molar-refractivity contribution is -0.182. The Balaban J connectivity index is 1.72. The maximum Gasteiger partial charge on any atom is 0.391 e. The molecule has 0 spiro atoms. The van der Waals surface area contributed by atoms with Gasteiger partial charge in [0.25, 0.3) is 0 Å². The normalized spacial score (nSPS) is 26.2. The van der Waals surface area contributed by atoms with Crippen LogP contribution in [0.3, 0.4) is 0 Å². The van der Waals surface area contributed by atoms with Gasteiger partial charge in [-0.25, -0.2) is 0 Å². The zero-order chi connectivity index (χ0) is 14.9. The molecule has 1 saturated carbocycles. The number of hydrogen-bond acceptors (Lipinski definition) is 1. The van der Waals surface area contributed by atoms with Gasteiger partial charge in [-0.3, -0.25) is 0 Å². The Hall–Kier alpha value is -1.19. The molecule has 2 unspecified atom stereocenters. The van der Waals surface area contributed by atoms with Crippen molar-refractivity contribution in [1.82, 2.24) is 0 Å². The van der Waals surface area contributed by atoms with Gasteiger partial charge in [0, 0.05) is 11.7 Å². The van der Waals surface area contributed by atoms with Crippen LogP contribution in [0.1, 0.15) is 49.7 Å². The van der Waals surface area contributed by atoms with Gasteiger partial charge in [-0.15, -0.1) is 0 Å². The van der Waals surface area contributed by atoms with Crippen molar-refractivity contribution in [2.45, 2.75) is 63.6 Å². The molecule has 21 heavy (non-hydrogen) atoms. The van der Waals surface area contributed by atoms with Crippen LogP contribution in [0.5, 0.6) is 0 Å². The molecule has 0 aliphatic heterocycles.